The molecule has 1 aromatic carbocycles. The number of nitrogens with zero attached hydrogens (tertiary/aromatic N) is 1. The van der Waals surface area contributed by atoms with E-state index in [4.69, 9.17) is 4.74 Å². The molecule has 0 saturated carbocycles. The van der Waals surface area contributed by atoms with Crippen LogP contribution in [0.25, 0.3) is 0 Å². The first-order valence-electron chi connectivity index (χ1n) is 10.2. The Morgan fingerprint density at radius 1 is 1.17 bits per heavy atom. The number of hydrogen-bond donors (Lipinski definition) is 2. The number of benzene rings is 1. The first kappa shape index (κ1) is 22.3. The van der Waals surface area contributed by atoms with E-state index < -0.39 is 0 Å². The van der Waals surface area contributed by atoms with Crippen molar-refractivity contribution < 1.29 is 14.3 Å². The van der Waals surface area contributed by atoms with E-state index in [1.54, 1.807) is 19.1 Å². The minimum Gasteiger partial charge on any atom is -0.462 e. The zero-order valence-corrected chi connectivity index (χ0v) is 19.6. The first-order valence-corrected chi connectivity index (χ1v) is 11.0. The molecule has 1 aromatic heterocycles. The Morgan fingerprint density at radius 2 is 1.80 bits per heavy atom. The molecule has 6 nitrogen and oxygen atoms in total. The molecule has 0 spiro atoms. The van der Waals surface area contributed by atoms with Crippen LogP contribution in [0.15, 0.2) is 24.3 Å². The maximum absolute atomic E-state index is 12.9. The predicted molar refractivity (Wildman–Crippen MR) is 123 cm³/mol. The summed E-state index contributed by atoms with van der Waals surface area (Å²) < 4.78 is 5.35. The highest BCUT2D eigenvalue weighted by atomic mass is 32.1. The summed E-state index contributed by atoms with van der Waals surface area (Å²) in [4.78, 5) is 28.8. The molecule has 1 aliphatic rings. The maximum atomic E-state index is 12.9. The molecule has 2 N–H and O–H groups in total. The fraction of sp³-hybridized carbons (Fsp3) is 0.478. The number of amides is 1. The summed E-state index contributed by atoms with van der Waals surface area (Å²) in [5.41, 5.74) is 2.50. The topological polar surface area (TPSA) is 70.7 Å². The van der Waals surface area contributed by atoms with E-state index in [-0.39, 0.29) is 29.6 Å². The van der Waals surface area contributed by atoms with Gasteiger partial charge in [0.05, 0.1) is 12.2 Å². The second-order valence-electron chi connectivity index (χ2n) is 9.04. The Bertz CT molecular complexity index is 959. The van der Waals surface area contributed by atoms with Gasteiger partial charge in [-0.3, -0.25) is 4.79 Å². The van der Waals surface area contributed by atoms with Crippen molar-refractivity contribution in [2.75, 3.05) is 30.9 Å². The van der Waals surface area contributed by atoms with Crippen molar-refractivity contribution in [2.24, 2.45) is 0 Å². The predicted octanol–water partition coefficient (Wildman–Crippen LogP) is 4.40. The lowest BCUT2D eigenvalue weighted by molar-refractivity contribution is 0.0526. The number of hydrogen-bond acceptors (Lipinski definition) is 6. The first-order chi connectivity index (χ1) is 13.9. The van der Waals surface area contributed by atoms with Gasteiger partial charge in [-0.1, -0.05) is 0 Å². The van der Waals surface area contributed by atoms with Gasteiger partial charge in [0, 0.05) is 41.3 Å². The molecule has 30 heavy (non-hydrogen) atoms. The van der Waals surface area contributed by atoms with Gasteiger partial charge in [0.15, 0.2) is 0 Å². The van der Waals surface area contributed by atoms with Gasteiger partial charge in [-0.25, -0.2) is 4.79 Å². The zero-order chi connectivity index (χ0) is 22.3. The molecule has 0 atom stereocenters. The van der Waals surface area contributed by atoms with Crippen LogP contribution in [-0.2, 0) is 16.7 Å². The molecule has 2 aromatic rings. The van der Waals surface area contributed by atoms with Gasteiger partial charge in [0.2, 0.25) is 0 Å². The number of fused-ring (bicyclic) bond motifs is 1. The third kappa shape index (κ3) is 4.37. The molecule has 2 heterocycles. The Hall–Kier alpha value is -2.38. The van der Waals surface area contributed by atoms with Crippen molar-refractivity contribution in [1.82, 2.24) is 5.32 Å². The molecule has 0 saturated heterocycles. The summed E-state index contributed by atoms with van der Waals surface area (Å²) in [6, 6.07) is 7.37. The summed E-state index contributed by atoms with van der Waals surface area (Å²) in [6.07, 6.45) is 0.684. The monoisotopic (exact) mass is 429 g/mol. The normalized spacial score (nSPS) is 16.5. The SMILES string of the molecule is CCOC(=O)c1c(NC(=O)c2ccc(N(C)C)cc2)sc2c1CC(C)(C)NC2(C)C. The third-order valence-electron chi connectivity index (χ3n) is 5.20. The molecule has 3 rings (SSSR count). The summed E-state index contributed by atoms with van der Waals surface area (Å²) in [7, 11) is 3.91. The van der Waals surface area contributed by atoms with Gasteiger partial charge >= 0.3 is 5.97 Å². The lowest BCUT2D eigenvalue weighted by Gasteiger charge is -2.42. The van der Waals surface area contributed by atoms with E-state index in [0.29, 0.717) is 22.5 Å². The number of anilines is 2. The minimum absolute atomic E-state index is 0.178. The fourth-order valence-corrected chi connectivity index (χ4v) is 5.38. The van der Waals surface area contributed by atoms with E-state index in [2.05, 4.69) is 38.3 Å². The smallest absolute Gasteiger partial charge is 0.341 e. The van der Waals surface area contributed by atoms with Crippen molar-refractivity contribution in [3.8, 4) is 0 Å². The van der Waals surface area contributed by atoms with Crippen LogP contribution in [-0.4, -0.2) is 38.1 Å². The maximum Gasteiger partial charge on any atom is 0.341 e. The van der Waals surface area contributed by atoms with E-state index in [1.807, 2.05) is 31.1 Å². The number of carbonyl (C=O) groups is 2. The lowest BCUT2D eigenvalue weighted by atomic mass is 9.81. The molecule has 7 heteroatoms. The van der Waals surface area contributed by atoms with Crippen molar-refractivity contribution in [1.29, 1.82) is 0 Å². The van der Waals surface area contributed by atoms with Gasteiger partial charge in [0.25, 0.3) is 5.91 Å². The highest BCUT2D eigenvalue weighted by Gasteiger charge is 2.42. The molecule has 0 bridgehead atoms. The van der Waals surface area contributed by atoms with Crippen LogP contribution >= 0.6 is 11.3 Å². The molecule has 0 fully saturated rings. The highest BCUT2D eigenvalue weighted by Crippen LogP contribution is 2.45. The Morgan fingerprint density at radius 3 is 2.37 bits per heavy atom. The van der Waals surface area contributed by atoms with Gasteiger partial charge in [-0.15, -0.1) is 11.3 Å². The summed E-state index contributed by atoms with van der Waals surface area (Å²) in [5.74, 6) is -0.628. The van der Waals surface area contributed by atoms with E-state index >= 15 is 0 Å². The van der Waals surface area contributed by atoms with Crippen molar-refractivity contribution in [3.63, 3.8) is 0 Å². The van der Waals surface area contributed by atoms with Crippen LogP contribution in [0.5, 0.6) is 0 Å². The second kappa shape index (κ2) is 8.04. The van der Waals surface area contributed by atoms with Crippen LogP contribution in [0.3, 0.4) is 0 Å². The van der Waals surface area contributed by atoms with E-state index in [0.717, 1.165) is 16.1 Å². The van der Waals surface area contributed by atoms with Crippen LogP contribution in [0.1, 0.15) is 65.8 Å². The van der Waals surface area contributed by atoms with E-state index in [9.17, 15) is 9.59 Å². The average molecular weight is 430 g/mol. The lowest BCUT2D eigenvalue weighted by Crippen LogP contribution is -2.55. The molecule has 1 amide bonds. The highest BCUT2D eigenvalue weighted by molar-refractivity contribution is 7.17. The summed E-state index contributed by atoms with van der Waals surface area (Å²) in [5, 5.41) is 7.17. The molecule has 0 unspecified atom stereocenters. The molecular weight excluding hydrogens is 398 g/mol. The second-order valence-corrected chi connectivity index (χ2v) is 10.1. The number of thiophene rings is 1. The van der Waals surface area contributed by atoms with E-state index in [1.165, 1.54) is 11.3 Å². The summed E-state index contributed by atoms with van der Waals surface area (Å²) >= 11 is 1.45. The third-order valence-corrected chi connectivity index (χ3v) is 6.67. The van der Waals surface area contributed by atoms with Crippen LogP contribution in [0.4, 0.5) is 10.7 Å². The molecule has 0 radical (unpaired) electrons. The van der Waals surface area contributed by atoms with Crippen molar-refractivity contribution >= 4 is 33.9 Å². The summed E-state index contributed by atoms with van der Waals surface area (Å²) in [6.45, 7) is 10.5. The van der Waals surface area contributed by atoms with Crippen molar-refractivity contribution in [2.45, 2.75) is 52.1 Å². The van der Waals surface area contributed by atoms with Crippen molar-refractivity contribution in [3.05, 3.63) is 45.8 Å². The molecule has 162 valence electrons. The largest absolute Gasteiger partial charge is 0.462 e. The molecule has 0 aliphatic carbocycles. The number of rotatable bonds is 5. The Labute approximate surface area is 182 Å². The average Bonchev–Trinajstić information content (AvgIpc) is 2.99. The number of esters is 1. The fourth-order valence-electron chi connectivity index (χ4n) is 4.12. The van der Waals surface area contributed by atoms with Crippen LogP contribution in [0.2, 0.25) is 0 Å². The number of carbonyl (C=O) groups excluding carboxylic acids is 2. The van der Waals surface area contributed by atoms with Crippen LogP contribution in [0, 0.1) is 0 Å². The van der Waals surface area contributed by atoms with Gasteiger partial charge < -0.3 is 20.3 Å². The standard InChI is InChI=1S/C23H31N3O3S/c1-8-29-21(28)17-16-13-22(2,3)25-23(4,5)18(16)30-20(17)24-19(27)14-9-11-15(12-10-14)26(6)7/h9-12,25H,8,13H2,1-7H3,(H,24,27). The van der Waals surface area contributed by atoms with Gasteiger partial charge in [0.1, 0.15) is 5.00 Å². The Balaban J connectivity index is 2.01. The minimum atomic E-state index is -0.387. The van der Waals surface area contributed by atoms with Gasteiger partial charge in [-0.05, 0) is 70.9 Å². The number of ether oxygens (including phenoxy) is 1. The Kier molecular flexibility index (Phi) is 5.98. The number of nitrogens with one attached hydrogen (secondary N) is 2. The van der Waals surface area contributed by atoms with Crippen LogP contribution < -0.4 is 15.5 Å². The quantitative estimate of drug-likeness (QED) is 0.689. The zero-order valence-electron chi connectivity index (χ0n) is 18.8. The molecule has 1 aliphatic heterocycles. The molecular formula is C23H31N3O3S. The van der Waals surface area contributed by atoms with Gasteiger partial charge in [-0.2, -0.15) is 0 Å².